The average Bonchev–Trinajstić information content (AvgIpc) is 2.05. The number of benzene rings is 1. The Hall–Kier alpha value is -0.870. The van der Waals surface area contributed by atoms with Crippen LogP contribution in [0.5, 0.6) is 0 Å². The minimum atomic E-state index is -1.41. The van der Waals surface area contributed by atoms with Crippen molar-refractivity contribution in [3.05, 3.63) is 35.9 Å². The van der Waals surface area contributed by atoms with Crippen molar-refractivity contribution in [2.24, 2.45) is 0 Å². The van der Waals surface area contributed by atoms with Gasteiger partial charge >= 0.3 is 5.97 Å². The van der Waals surface area contributed by atoms with Gasteiger partial charge in [-0.1, -0.05) is 30.3 Å². The Morgan fingerprint density at radius 3 is 2.17 bits per heavy atom. The monoisotopic (exact) mass is 232 g/mol. The fourth-order valence-electron chi connectivity index (χ4n) is 0.778. The normalized spacial score (nSPS) is 11.4. The summed E-state index contributed by atoms with van der Waals surface area (Å²) in [6.45, 7) is 0. The molecule has 1 aromatic carbocycles. The van der Waals surface area contributed by atoms with E-state index in [4.69, 9.17) is 10.2 Å². The van der Waals surface area contributed by atoms with Gasteiger partial charge in [0, 0.05) is 0 Å². The van der Waals surface area contributed by atoms with Gasteiger partial charge in [0.1, 0.15) is 0 Å². The van der Waals surface area contributed by atoms with Crippen molar-refractivity contribution in [1.29, 1.82) is 0 Å². The van der Waals surface area contributed by atoms with Crippen LogP contribution in [-0.2, 0) is 4.79 Å². The number of halogens is 1. The molecular formula is C8H9BrO3. The zero-order valence-corrected chi connectivity index (χ0v) is 7.89. The molecule has 0 heterocycles. The van der Waals surface area contributed by atoms with E-state index in [9.17, 15) is 4.79 Å². The van der Waals surface area contributed by atoms with Crippen molar-refractivity contribution >= 4 is 23.0 Å². The second kappa shape index (κ2) is 4.90. The predicted octanol–water partition coefficient (Wildman–Crippen LogP) is 1.38. The second-order valence-electron chi connectivity index (χ2n) is 2.15. The molecule has 1 rings (SSSR count). The predicted molar refractivity (Wildman–Crippen MR) is 49.4 cm³/mol. The van der Waals surface area contributed by atoms with E-state index in [0.29, 0.717) is 5.56 Å². The standard InChI is InChI=1S/C8H8O3.BrH/c9-7(8(10)11)6-4-2-1-3-5-6;/h1-5,7,9H,(H,10,11);1H/t7-;/m0./s1. The van der Waals surface area contributed by atoms with Crippen molar-refractivity contribution in [2.45, 2.75) is 6.10 Å². The molecule has 0 aliphatic heterocycles. The van der Waals surface area contributed by atoms with E-state index < -0.39 is 12.1 Å². The summed E-state index contributed by atoms with van der Waals surface area (Å²) in [7, 11) is 0. The van der Waals surface area contributed by atoms with Crippen LogP contribution in [-0.4, -0.2) is 16.2 Å². The summed E-state index contributed by atoms with van der Waals surface area (Å²) < 4.78 is 0. The highest BCUT2D eigenvalue weighted by Gasteiger charge is 2.14. The highest BCUT2D eigenvalue weighted by Crippen LogP contribution is 2.10. The minimum Gasteiger partial charge on any atom is -0.479 e. The molecule has 0 aromatic heterocycles. The van der Waals surface area contributed by atoms with E-state index in [0.717, 1.165) is 0 Å². The van der Waals surface area contributed by atoms with Crippen LogP contribution in [0.1, 0.15) is 11.7 Å². The third-order valence-corrected chi connectivity index (χ3v) is 1.35. The summed E-state index contributed by atoms with van der Waals surface area (Å²) in [5.74, 6) is -1.23. The van der Waals surface area contributed by atoms with Crippen LogP contribution in [0.15, 0.2) is 30.3 Å². The van der Waals surface area contributed by atoms with Crippen LogP contribution in [0.3, 0.4) is 0 Å². The number of hydrogen-bond donors (Lipinski definition) is 2. The first-order valence-electron chi connectivity index (χ1n) is 3.17. The molecule has 4 heteroatoms. The Bertz CT molecular complexity index is 248. The van der Waals surface area contributed by atoms with Gasteiger partial charge in [-0.3, -0.25) is 0 Å². The molecule has 1 aromatic rings. The number of carboxylic acids is 1. The van der Waals surface area contributed by atoms with Crippen LogP contribution < -0.4 is 0 Å². The van der Waals surface area contributed by atoms with Crippen molar-refractivity contribution in [2.75, 3.05) is 0 Å². The number of aliphatic hydroxyl groups is 1. The Morgan fingerprint density at radius 1 is 1.25 bits per heavy atom. The number of carbonyl (C=O) groups is 1. The molecule has 0 spiro atoms. The summed E-state index contributed by atoms with van der Waals surface area (Å²) >= 11 is 0. The second-order valence-corrected chi connectivity index (χ2v) is 2.15. The van der Waals surface area contributed by atoms with Gasteiger partial charge in [-0.05, 0) is 5.56 Å². The number of rotatable bonds is 2. The van der Waals surface area contributed by atoms with E-state index >= 15 is 0 Å². The molecule has 0 fully saturated rings. The van der Waals surface area contributed by atoms with Crippen LogP contribution in [0.4, 0.5) is 0 Å². The number of hydrogen-bond acceptors (Lipinski definition) is 2. The van der Waals surface area contributed by atoms with Crippen LogP contribution in [0, 0.1) is 0 Å². The molecule has 0 saturated carbocycles. The summed E-state index contributed by atoms with van der Waals surface area (Å²) in [6, 6.07) is 8.26. The SMILES string of the molecule is Br.O=C(O)[C@@H](O)c1ccccc1. The smallest absolute Gasteiger partial charge is 0.337 e. The zero-order valence-electron chi connectivity index (χ0n) is 6.18. The summed E-state index contributed by atoms with van der Waals surface area (Å²) in [6.07, 6.45) is -1.41. The molecule has 1 atom stereocenters. The topological polar surface area (TPSA) is 57.5 Å². The lowest BCUT2D eigenvalue weighted by atomic mass is 10.1. The molecular weight excluding hydrogens is 224 g/mol. The first-order valence-corrected chi connectivity index (χ1v) is 3.17. The van der Waals surface area contributed by atoms with Crippen LogP contribution in [0.25, 0.3) is 0 Å². The Balaban J connectivity index is 0.00000121. The molecule has 0 bridgehead atoms. The lowest BCUT2D eigenvalue weighted by Crippen LogP contribution is -2.09. The van der Waals surface area contributed by atoms with Gasteiger partial charge in [0.15, 0.2) is 6.10 Å². The van der Waals surface area contributed by atoms with E-state index in [1.807, 2.05) is 0 Å². The first-order chi connectivity index (χ1) is 5.22. The molecule has 0 aliphatic carbocycles. The fraction of sp³-hybridized carbons (Fsp3) is 0.125. The van der Waals surface area contributed by atoms with E-state index in [1.165, 1.54) is 0 Å². The Labute approximate surface area is 80.4 Å². The first kappa shape index (κ1) is 11.1. The fourth-order valence-corrected chi connectivity index (χ4v) is 0.778. The quantitative estimate of drug-likeness (QED) is 0.811. The zero-order chi connectivity index (χ0) is 8.27. The molecule has 0 unspecified atom stereocenters. The van der Waals surface area contributed by atoms with Crippen LogP contribution in [0.2, 0.25) is 0 Å². The van der Waals surface area contributed by atoms with E-state index in [2.05, 4.69) is 0 Å². The Morgan fingerprint density at radius 2 is 1.75 bits per heavy atom. The highest BCUT2D eigenvalue weighted by molar-refractivity contribution is 8.93. The van der Waals surface area contributed by atoms with Gasteiger partial charge in [0.05, 0.1) is 0 Å². The van der Waals surface area contributed by atoms with Gasteiger partial charge in [-0.15, -0.1) is 17.0 Å². The molecule has 3 nitrogen and oxygen atoms in total. The maximum atomic E-state index is 10.2. The largest absolute Gasteiger partial charge is 0.479 e. The lowest BCUT2D eigenvalue weighted by Gasteiger charge is -2.03. The average molecular weight is 233 g/mol. The minimum absolute atomic E-state index is 0. The van der Waals surface area contributed by atoms with Crippen molar-refractivity contribution in [1.82, 2.24) is 0 Å². The maximum Gasteiger partial charge on any atom is 0.337 e. The molecule has 0 saturated heterocycles. The van der Waals surface area contributed by atoms with Gasteiger partial charge < -0.3 is 10.2 Å². The van der Waals surface area contributed by atoms with Crippen molar-refractivity contribution < 1.29 is 15.0 Å². The van der Waals surface area contributed by atoms with Gasteiger partial charge in [0.25, 0.3) is 0 Å². The van der Waals surface area contributed by atoms with Gasteiger partial charge in [0.2, 0.25) is 0 Å². The number of aliphatic carboxylic acids is 1. The molecule has 0 amide bonds. The highest BCUT2D eigenvalue weighted by atomic mass is 79.9. The molecule has 66 valence electrons. The van der Waals surface area contributed by atoms with Crippen molar-refractivity contribution in [3.8, 4) is 0 Å². The summed E-state index contributed by atoms with van der Waals surface area (Å²) in [5.41, 5.74) is 0.403. The lowest BCUT2D eigenvalue weighted by molar-refractivity contribution is -0.146. The van der Waals surface area contributed by atoms with Crippen molar-refractivity contribution in [3.63, 3.8) is 0 Å². The molecule has 12 heavy (non-hydrogen) atoms. The van der Waals surface area contributed by atoms with E-state index in [-0.39, 0.29) is 17.0 Å². The van der Waals surface area contributed by atoms with E-state index in [1.54, 1.807) is 30.3 Å². The summed E-state index contributed by atoms with van der Waals surface area (Å²) in [5, 5.41) is 17.4. The van der Waals surface area contributed by atoms with Gasteiger partial charge in [-0.2, -0.15) is 0 Å². The van der Waals surface area contributed by atoms with Crippen LogP contribution >= 0.6 is 17.0 Å². The molecule has 0 radical (unpaired) electrons. The third-order valence-electron chi connectivity index (χ3n) is 1.35. The number of aliphatic hydroxyl groups excluding tert-OH is 1. The number of carboxylic acid groups (broad SMARTS) is 1. The molecule has 2 N–H and O–H groups in total. The molecule has 0 aliphatic rings. The third kappa shape index (κ3) is 2.64. The Kier molecular flexibility index (Phi) is 4.54. The summed E-state index contributed by atoms with van der Waals surface area (Å²) in [4.78, 5) is 10.2. The van der Waals surface area contributed by atoms with Gasteiger partial charge in [-0.25, -0.2) is 4.79 Å². The maximum absolute atomic E-state index is 10.2.